The topological polar surface area (TPSA) is 119 Å². The summed E-state index contributed by atoms with van der Waals surface area (Å²) in [6, 6.07) is 9.92. The molecule has 1 saturated heterocycles. The summed E-state index contributed by atoms with van der Waals surface area (Å²) in [7, 11) is -3.91. The highest BCUT2D eigenvalue weighted by Gasteiger charge is 2.49. The van der Waals surface area contributed by atoms with Crippen LogP contribution >= 0.6 is 23.2 Å². The van der Waals surface area contributed by atoms with Crippen molar-refractivity contribution in [3.05, 3.63) is 68.3 Å². The standard InChI is InChI=1S/C18H14Cl2FN5O3S/c19-13-4-5-16(14(20)6-13)30(27,28)26-9-18(10-26,8-24-25-23)11-29-15-3-1-2-12(7-22)17(15)21/h1-6H,8-11H2. The van der Waals surface area contributed by atoms with Crippen LogP contribution in [-0.4, -0.2) is 39.0 Å². The van der Waals surface area contributed by atoms with Crippen LogP contribution in [0.25, 0.3) is 10.4 Å². The molecule has 0 radical (unpaired) electrons. The Labute approximate surface area is 182 Å². The van der Waals surface area contributed by atoms with E-state index < -0.39 is 21.3 Å². The number of sulfonamides is 1. The Bertz CT molecular complexity index is 1170. The molecule has 12 heteroatoms. The first-order chi connectivity index (χ1) is 14.2. The summed E-state index contributed by atoms with van der Waals surface area (Å²) in [6.07, 6.45) is 0. The molecule has 0 aliphatic carbocycles. The molecule has 156 valence electrons. The van der Waals surface area contributed by atoms with Gasteiger partial charge < -0.3 is 4.74 Å². The molecule has 0 bridgehead atoms. The molecule has 1 heterocycles. The van der Waals surface area contributed by atoms with E-state index >= 15 is 0 Å². The molecule has 0 spiro atoms. The molecule has 2 aromatic carbocycles. The number of azide groups is 1. The molecule has 0 unspecified atom stereocenters. The zero-order chi connectivity index (χ0) is 21.9. The maximum absolute atomic E-state index is 14.2. The number of nitrogens with zero attached hydrogens (tertiary/aromatic N) is 5. The summed E-state index contributed by atoms with van der Waals surface area (Å²) < 4.78 is 46.7. The number of nitriles is 1. The van der Waals surface area contributed by atoms with Gasteiger partial charge in [0, 0.05) is 35.0 Å². The second-order valence-electron chi connectivity index (χ2n) is 6.75. The molecule has 1 fully saturated rings. The van der Waals surface area contributed by atoms with Crippen LogP contribution in [0.5, 0.6) is 5.75 Å². The predicted octanol–water partition coefficient (Wildman–Crippen LogP) is 4.38. The van der Waals surface area contributed by atoms with Gasteiger partial charge in [-0.05, 0) is 35.9 Å². The SMILES string of the molecule is N#Cc1cccc(OCC2(CN=[N+]=[N-])CN(S(=O)(=O)c3ccc(Cl)cc3Cl)C2)c1F. The second-order valence-corrected chi connectivity index (χ2v) is 9.50. The van der Waals surface area contributed by atoms with Crippen molar-refractivity contribution in [3.63, 3.8) is 0 Å². The number of halogens is 3. The van der Waals surface area contributed by atoms with Gasteiger partial charge in [-0.15, -0.1) is 0 Å². The van der Waals surface area contributed by atoms with E-state index in [1.54, 1.807) is 6.07 Å². The average molecular weight is 470 g/mol. The minimum atomic E-state index is -3.91. The molecule has 0 N–H and O–H groups in total. The fourth-order valence-electron chi connectivity index (χ4n) is 3.05. The lowest BCUT2D eigenvalue weighted by atomic mass is 9.82. The smallest absolute Gasteiger partial charge is 0.244 e. The summed E-state index contributed by atoms with van der Waals surface area (Å²) in [4.78, 5) is 2.62. The Balaban J connectivity index is 1.79. The third-order valence-corrected chi connectivity index (χ3v) is 7.13. The Kier molecular flexibility index (Phi) is 6.41. The van der Waals surface area contributed by atoms with E-state index in [0.29, 0.717) is 5.02 Å². The number of ether oxygens (including phenoxy) is 1. The van der Waals surface area contributed by atoms with Crippen molar-refractivity contribution in [2.45, 2.75) is 4.90 Å². The van der Waals surface area contributed by atoms with Gasteiger partial charge in [0.15, 0.2) is 11.6 Å². The van der Waals surface area contributed by atoms with E-state index in [4.69, 9.17) is 38.7 Å². The van der Waals surface area contributed by atoms with Gasteiger partial charge in [0.2, 0.25) is 10.0 Å². The Morgan fingerprint density at radius 3 is 2.70 bits per heavy atom. The summed E-state index contributed by atoms with van der Waals surface area (Å²) >= 11 is 11.9. The molecule has 0 saturated carbocycles. The van der Waals surface area contributed by atoms with Crippen molar-refractivity contribution in [2.75, 3.05) is 26.2 Å². The molecule has 30 heavy (non-hydrogen) atoms. The second kappa shape index (κ2) is 8.68. The average Bonchev–Trinajstić information content (AvgIpc) is 2.67. The van der Waals surface area contributed by atoms with Gasteiger partial charge in [-0.3, -0.25) is 0 Å². The third kappa shape index (κ3) is 4.31. The lowest BCUT2D eigenvalue weighted by molar-refractivity contribution is 0.0257. The molecule has 1 aliphatic rings. The van der Waals surface area contributed by atoms with Gasteiger partial charge in [0.25, 0.3) is 0 Å². The van der Waals surface area contributed by atoms with Crippen molar-refractivity contribution in [2.24, 2.45) is 10.5 Å². The van der Waals surface area contributed by atoms with Crippen LogP contribution < -0.4 is 4.74 Å². The number of rotatable bonds is 7. The highest BCUT2D eigenvalue weighted by atomic mass is 35.5. The zero-order valence-corrected chi connectivity index (χ0v) is 17.6. The minimum Gasteiger partial charge on any atom is -0.490 e. The quantitative estimate of drug-likeness (QED) is 0.339. The predicted molar refractivity (Wildman–Crippen MR) is 108 cm³/mol. The van der Waals surface area contributed by atoms with Crippen LogP contribution in [-0.2, 0) is 10.0 Å². The first-order valence-corrected chi connectivity index (χ1v) is 10.7. The van der Waals surface area contributed by atoms with Crippen molar-refractivity contribution in [3.8, 4) is 11.8 Å². The molecule has 0 aromatic heterocycles. The molecule has 3 rings (SSSR count). The first-order valence-electron chi connectivity index (χ1n) is 8.50. The Morgan fingerprint density at radius 2 is 2.07 bits per heavy atom. The molecular formula is C18H14Cl2FN5O3S. The minimum absolute atomic E-state index is 0.0123. The fraction of sp³-hybridized carbons (Fsp3) is 0.278. The van der Waals surface area contributed by atoms with E-state index in [2.05, 4.69) is 10.0 Å². The van der Waals surface area contributed by atoms with E-state index in [1.807, 2.05) is 0 Å². The fourth-order valence-corrected chi connectivity index (χ4v) is 5.47. The van der Waals surface area contributed by atoms with Crippen molar-refractivity contribution < 1.29 is 17.5 Å². The normalized spacial score (nSPS) is 15.5. The Hall–Kier alpha value is -2.54. The highest BCUT2D eigenvalue weighted by molar-refractivity contribution is 7.89. The van der Waals surface area contributed by atoms with Crippen molar-refractivity contribution in [1.29, 1.82) is 5.26 Å². The van der Waals surface area contributed by atoms with Crippen LogP contribution in [0, 0.1) is 22.6 Å². The van der Waals surface area contributed by atoms with Gasteiger partial charge in [0.1, 0.15) is 11.0 Å². The van der Waals surface area contributed by atoms with Gasteiger partial charge in [-0.1, -0.05) is 34.4 Å². The summed E-state index contributed by atoms with van der Waals surface area (Å²) in [5.74, 6) is -0.952. The molecule has 0 atom stereocenters. The molecule has 2 aromatic rings. The van der Waals surface area contributed by atoms with E-state index in [1.165, 1.54) is 40.7 Å². The zero-order valence-electron chi connectivity index (χ0n) is 15.3. The van der Waals surface area contributed by atoms with E-state index in [-0.39, 0.29) is 47.5 Å². The Morgan fingerprint density at radius 1 is 1.33 bits per heavy atom. The molecule has 0 amide bonds. The summed E-state index contributed by atoms with van der Waals surface area (Å²) in [5.41, 5.74) is 7.64. The van der Waals surface area contributed by atoms with Crippen LogP contribution in [0.1, 0.15) is 5.56 Å². The van der Waals surface area contributed by atoms with Crippen LogP contribution in [0.2, 0.25) is 10.0 Å². The largest absolute Gasteiger partial charge is 0.490 e. The monoisotopic (exact) mass is 469 g/mol. The van der Waals surface area contributed by atoms with Gasteiger partial charge in [-0.2, -0.15) is 9.57 Å². The summed E-state index contributed by atoms with van der Waals surface area (Å²) in [6.45, 7) is -0.207. The maximum Gasteiger partial charge on any atom is 0.244 e. The highest BCUT2D eigenvalue weighted by Crippen LogP contribution is 2.38. The first kappa shape index (κ1) is 22.2. The van der Waals surface area contributed by atoms with Crippen molar-refractivity contribution in [1.82, 2.24) is 4.31 Å². The number of hydrogen-bond acceptors (Lipinski definition) is 5. The third-order valence-electron chi connectivity index (χ3n) is 4.62. The van der Waals surface area contributed by atoms with E-state index in [0.717, 1.165) is 0 Å². The van der Waals surface area contributed by atoms with Crippen LogP contribution in [0.15, 0.2) is 46.4 Å². The maximum atomic E-state index is 14.2. The van der Waals surface area contributed by atoms with E-state index in [9.17, 15) is 12.8 Å². The number of hydrogen-bond donors (Lipinski definition) is 0. The number of benzene rings is 2. The van der Waals surface area contributed by atoms with Gasteiger partial charge in [-0.25, -0.2) is 12.8 Å². The van der Waals surface area contributed by atoms with Gasteiger partial charge >= 0.3 is 0 Å². The molecule has 1 aliphatic heterocycles. The van der Waals surface area contributed by atoms with Gasteiger partial charge in [0.05, 0.1) is 17.2 Å². The molecule has 8 nitrogen and oxygen atoms in total. The molecular weight excluding hydrogens is 456 g/mol. The van der Waals surface area contributed by atoms with Crippen molar-refractivity contribution >= 4 is 33.2 Å². The lowest BCUT2D eigenvalue weighted by Gasteiger charge is -2.48. The van der Waals surface area contributed by atoms with Crippen LogP contribution in [0.3, 0.4) is 0 Å². The van der Waals surface area contributed by atoms with Crippen LogP contribution in [0.4, 0.5) is 4.39 Å². The lowest BCUT2D eigenvalue weighted by Crippen LogP contribution is -2.62. The summed E-state index contributed by atoms with van der Waals surface area (Å²) in [5, 5.41) is 12.8.